The van der Waals surface area contributed by atoms with Gasteiger partial charge in [-0.2, -0.15) is 4.98 Å². The zero-order valence-electron chi connectivity index (χ0n) is 16.5. The van der Waals surface area contributed by atoms with Gasteiger partial charge in [0.05, 0.1) is 12.3 Å². The lowest BCUT2D eigenvalue weighted by atomic mass is 10.3. The van der Waals surface area contributed by atoms with Gasteiger partial charge in [0.25, 0.3) is 5.56 Å². The summed E-state index contributed by atoms with van der Waals surface area (Å²) in [5.41, 5.74) is 1.86. The van der Waals surface area contributed by atoms with E-state index in [1.807, 2.05) is 55.8 Å². The number of benzene rings is 1. The Labute approximate surface area is 161 Å². The molecule has 0 amide bonds. The summed E-state index contributed by atoms with van der Waals surface area (Å²) in [7, 11) is 1.65. The van der Waals surface area contributed by atoms with Gasteiger partial charge in [0, 0.05) is 25.5 Å². The van der Waals surface area contributed by atoms with Crippen LogP contribution >= 0.6 is 0 Å². The molecule has 3 heterocycles. The molecule has 8 heteroatoms. The third-order valence-corrected chi connectivity index (χ3v) is 4.88. The molecule has 1 aromatic carbocycles. The predicted octanol–water partition coefficient (Wildman–Crippen LogP) is 2.26. The highest BCUT2D eigenvalue weighted by Gasteiger charge is 2.21. The molecular weight excluding hydrogens is 358 g/mol. The van der Waals surface area contributed by atoms with E-state index < -0.39 is 0 Å². The first kappa shape index (κ1) is 18.1. The summed E-state index contributed by atoms with van der Waals surface area (Å²) in [6, 6.07) is 7.70. The van der Waals surface area contributed by atoms with Crippen molar-refractivity contribution in [2.24, 2.45) is 7.05 Å². The van der Waals surface area contributed by atoms with Gasteiger partial charge in [0.15, 0.2) is 11.2 Å². The predicted molar refractivity (Wildman–Crippen MR) is 108 cm³/mol. The maximum atomic E-state index is 13.0. The highest BCUT2D eigenvalue weighted by atomic mass is 16.5. The second-order valence-corrected chi connectivity index (χ2v) is 6.76. The van der Waals surface area contributed by atoms with E-state index in [4.69, 9.17) is 4.74 Å². The zero-order chi connectivity index (χ0) is 20.0. The number of imidazole rings is 2. The summed E-state index contributed by atoms with van der Waals surface area (Å²) in [5, 5.41) is 0. The lowest BCUT2D eigenvalue weighted by Gasteiger charge is -2.12. The second kappa shape index (κ2) is 6.70. The second-order valence-electron chi connectivity index (χ2n) is 6.76. The van der Waals surface area contributed by atoms with E-state index in [0.29, 0.717) is 36.5 Å². The van der Waals surface area contributed by atoms with E-state index in [2.05, 4.69) is 4.98 Å². The van der Waals surface area contributed by atoms with Crippen molar-refractivity contribution in [2.45, 2.75) is 33.7 Å². The Bertz CT molecular complexity index is 1310. The van der Waals surface area contributed by atoms with Gasteiger partial charge >= 0.3 is 5.69 Å². The Morgan fingerprint density at radius 3 is 2.61 bits per heavy atom. The van der Waals surface area contributed by atoms with E-state index in [0.717, 1.165) is 17.1 Å². The highest BCUT2D eigenvalue weighted by Crippen LogP contribution is 2.27. The number of aromatic nitrogens is 5. The van der Waals surface area contributed by atoms with E-state index >= 15 is 0 Å². The summed E-state index contributed by atoms with van der Waals surface area (Å²) in [5.74, 6) is 1.30. The average molecular weight is 381 g/mol. The molecule has 0 bridgehead atoms. The maximum absolute atomic E-state index is 13.0. The summed E-state index contributed by atoms with van der Waals surface area (Å²) in [6.45, 7) is 6.75. The van der Waals surface area contributed by atoms with Crippen molar-refractivity contribution in [1.82, 2.24) is 23.1 Å². The van der Waals surface area contributed by atoms with Crippen molar-refractivity contribution in [2.75, 3.05) is 6.61 Å². The van der Waals surface area contributed by atoms with Gasteiger partial charge in [0.1, 0.15) is 5.75 Å². The van der Waals surface area contributed by atoms with Gasteiger partial charge in [-0.1, -0.05) is 19.1 Å². The number of fused-ring (bicyclic) bond motifs is 3. The molecule has 8 nitrogen and oxygen atoms in total. The summed E-state index contributed by atoms with van der Waals surface area (Å²) in [4.78, 5) is 30.3. The van der Waals surface area contributed by atoms with E-state index in [-0.39, 0.29) is 11.2 Å². The van der Waals surface area contributed by atoms with Crippen LogP contribution < -0.4 is 16.0 Å². The van der Waals surface area contributed by atoms with Gasteiger partial charge in [-0.3, -0.25) is 22.9 Å². The SMILES string of the molecule is CCCn1c(=O)c2c(nc3n(-c4ccccc4OCC)c(C)cn23)n(C)c1=O. The largest absolute Gasteiger partial charge is 0.492 e. The lowest BCUT2D eigenvalue weighted by Crippen LogP contribution is -2.39. The Kier molecular flexibility index (Phi) is 4.33. The minimum Gasteiger partial charge on any atom is -0.492 e. The van der Waals surface area contributed by atoms with Crippen LogP contribution in [0.15, 0.2) is 40.1 Å². The molecule has 0 aliphatic carbocycles. The van der Waals surface area contributed by atoms with Crippen LogP contribution in [0.5, 0.6) is 5.75 Å². The molecule has 4 aromatic rings. The molecule has 146 valence electrons. The normalized spacial score (nSPS) is 11.6. The molecule has 0 spiro atoms. The quantitative estimate of drug-likeness (QED) is 0.531. The van der Waals surface area contributed by atoms with Gasteiger partial charge < -0.3 is 4.74 Å². The van der Waals surface area contributed by atoms with Gasteiger partial charge in [-0.05, 0) is 32.4 Å². The van der Waals surface area contributed by atoms with Crippen LogP contribution in [0.1, 0.15) is 26.0 Å². The van der Waals surface area contributed by atoms with E-state index in [1.54, 1.807) is 11.4 Å². The van der Waals surface area contributed by atoms with Gasteiger partial charge in [-0.15, -0.1) is 0 Å². The summed E-state index contributed by atoms with van der Waals surface area (Å²) in [6.07, 6.45) is 2.57. The first-order valence-corrected chi connectivity index (χ1v) is 9.41. The highest BCUT2D eigenvalue weighted by molar-refractivity contribution is 5.76. The number of para-hydroxylation sites is 2. The Morgan fingerprint density at radius 2 is 1.89 bits per heavy atom. The van der Waals surface area contributed by atoms with Crippen molar-refractivity contribution in [3.05, 3.63) is 57.0 Å². The molecule has 0 unspecified atom stereocenters. The standard InChI is InChI=1S/C20H23N5O3/c1-5-11-23-18(26)16-17(22(4)20(23)27)21-19-24(16)12-13(3)25(19)14-9-7-8-10-15(14)28-6-2/h7-10,12H,5-6,11H2,1-4H3. The number of hydrogen-bond acceptors (Lipinski definition) is 4. The fourth-order valence-corrected chi connectivity index (χ4v) is 3.65. The van der Waals surface area contributed by atoms with Crippen LogP contribution in [-0.4, -0.2) is 29.7 Å². The van der Waals surface area contributed by atoms with Crippen molar-refractivity contribution >= 4 is 16.9 Å². The molecule has 28 heavy (non-hydrogen) atoms. The first-order valence-electron chi connectivity index (χ1n) is 9.41. The third-order valence-electron chi connectivity index (χ3n) is 4.88. The minimum atomic E-state index is -0.349. The molecule has 0 atom stereocenters. The molecule has 3 aromatic heterocycles. The maximum Gasteiger partial charge on any atom is 0.332 e. The van der Waals surface area contributed by atoms with Crippen molar-refractivity contribution in [3.8, 4) is 11.4 Å². The molecule has 0 saturated heterocycles. The summed E-state index contributed by atoms with van der Waals surface area (Å²) < 4.78 is 12.2. The average Bonchev–Trinajstić information content (AvgIpc) is 3.19. The molecule has 0 N–H and O–H groups in total. The van der Waals surface area contributed by atoms with Crippen molar-refractivity contribution in [3.63, 3.8) is 0 Å². The molecule has 0 aliphatic heterocycles. The number of rotatable bonds is 5. The van der Waals surface area contributed by atoms with Gasteiger partial charge in [0.2, 0.25) is 5.78 Å². The van der Waals surface area contributed by atoms with Crippen LogP contribution in [0.4, 0.5) is 0 Å². The lowest BCUT2D eigenvalue weighted by molar-refractivity contribution is 0.339. The third kappa shape index (κ3) is 2.48. The van der Waals surface area contributed by atoms with Crippen molar-refractivity contribution < 1.29 is 4.74 Å². The monoisotopic (exact) mass is 381 g/mol. The summed E-state index contributed by atoms with van der Waals surface area (Å²) >= 11 is 0. The van der Waals surface area contributed by atoms with Crippen LogP contribution in [0.3, 0.4) is 0 Å². The molecule has 0 saturated carbocycles. The molecular formula is C20H23N5O3. The Morgan fingerprint density at radius 1 is 1.14 bits per heavy atom. The number of ether oxygens (including phenoxy) is 1. The van der Waals surface area contributed by atoms with Crippen LogP contribution in [0.2, 0.25) is 0 Å². The Balaban J connectivity index is 2.11. The minimum absolute atomic E-state index is 0.317. The van der Waals surface area contributed by atoms with E-state index in [9.17, 15) is 9.59 Å². The molecule has 0 aliphatic rings. The first-order chi connectivity index (χ1) is 13.5. The smallest absolute Gasteiger partial charge is 0.332 e. The zero-order valence-corrected chi connectivity index (χ0v) is 16.5. The van der Waals surface area contributed by atoms with Crippen LogP contribution in [-0.2, 0) is 13.6 Å². The topological polar surface area (TPSA) is 75.5 Å². The molecule has 4 rings (SSSR count). The van der Waals surface area contributed by atoms with Crippen LogP contribution in [0, 0.1) is 6.92 Å². The number of hydrogen-bond donors (Lipinski definition) is 0. The van der Waals surface area contributed by atoms with Crippen molar-refractivity contribution in [1.29, 1.82) is 0 Å². The molecule has 0 fully saturated rings. The fourth-order valence-electron chi connectivity index (χ4n) is 3.65. The van der Waals surface area contributed by atoms with E-state index in [1.165, 1.54) is 9.13 Å². The fraction of sp³-hybridized carbons (Fsp3) is 0.350. The number of nitrogens with zero attached hydrogens (tertiary/aromatic N) is 5. The van der Waals surface area contributed by atoms with Crippen LogP contribution in [0.25, 0.3) is 22.6 Å². The van der Waals surface area contributed by atoms with Gasteiger partial charge in [-0.25, -0.2) is 4.79 Å². The molecule has 0 radical (unpaired) electrons. The number of aryl methyl sites for hydroxylation is 2. The Hall–Kier alpha value is -3.29.